The molecular weight excluding hydrogens is 342 g/mol. The summed E-state index contributed by atoms with van der Waals surface area (Å²) >= 11 is 0. The number of hydrogen-bond donors (Lipinski definition) is 0. The number of ether oxygens (including phenoxy) is 3. The number of aromatic nitrogens is 2. The number of benzene rings is 1. The van der Waals surface area contributed by atoms with Gasteiger partial charge in [0.2, 0.25) is 6.79 Å². The summed E-state index contributed by atoms with van der Waals surface area (Å²) in [6.07, 6.45) is 6.58. The van der Waals surface area contributed by atoms with Gasteiger partial charge in [-0.2, -0.15) is 5.10 Å². The Kier molecular flexibility index (Phi) is 5.45. The summed E-state index contributed by atoms with van der Waals surface area (Å²) in [5.74, 6) is 1.66. The van der Waals surface area contributed by atoms with Gasteiger partial charge < -0.3 is 14.2 Å². The van der Waals surface area contributed by atoms with Crippen molar-refractivity contribution in [3.05, 3.63) is 53.9 Å². The minimum atomic E-state index is 0.306. The van der Waals surface area contributed by atoms with Crippen molar-refractivity contribution in [3.8, 4) is 11.5 Å². The van der Waals surface area contributed by atoms with E-state index in [2.05, 4.69) is 41.8 Å². The first-order chi connectivity index (χ1) is 13.2. The van der Waals surface area contributed by atoms with Crippen molar-refractivity contribution in [3.63, 3.8) is 0 Å². The Morgan fingerprint density at radius 1 is 1.30 bits per heavy atom. The number of nitrogens with zero attached hydrogens (tertiary/aromatic N) is 3. The zero-order chi connectivity index (χ0) is 18.6. The van der Waals surface area contributed by atoms with E-state index in [1.165, 1.54) is 11.1 Å². The Labute approximate surface area is 160 Å². The summed E-state index contributed by atoms with van der Waals surface area (Å²) in [4.78, 5) is 2.44. The van der Waals surface area contributed by atoms with E-state index < -0.39 is 0 Å². The molecule has 0 unspecified atom stereocenters. The summed E-state index contributed by atoms with van der Waals surface area (Å²) in [7, 11) is 0. The third-order valence-electron chi connectivity index (χ3n) is 5.09. The van der Waals surface area contributed by atoms with Crippen molar-refractivity contribution in [1.29, 1.82) is 0 Å². The third-order valence-corrected chi connectivity index (χ3v) is 5.09. The van der Waals surface area contributed by atoms with Crippen LogP contribution in [0.4, 0.5) is 0 Å². The summed E-state index contributed by atoms with van der Waals surface area (Å²) in [6, 6.07) is 6.19. The van der Waals surface area contributed by atoms with Crippen LogP contribution in [0.3, 0.4) is 0 Å². The summed E-state index contributed by atoms with van der Waals surface area (Å²) in [6.45, 7) is 10.4. The van der Waals surface area contributed by atoms with Crippen molar-refractivity contribution in [2.45, 2.75) is 45.5 Å². The van der Waals surface area contributed by atoms with Gasteiger partial charge in [-0.25, -0.2) is 0 Å². The third kappa shape index (κ3) is 4.34. The van der Waals surface area contributed by atoms with Crippen molar-refractivity contribution in [1.82, 2.24) is 14.7 Å². The van der Waals surface area contributed by atoms with E-state index in [9.17, 15) is 0 Å². The fourth-order valence-electron chi connectivity index (χ4n) is 3.74. The Morgan fingerprint density at radius 3 is 3.00 bits per heavy atom. The van der Waals surface area contributed by atoms with Crippen LogP contribution >= 0.6 is 0 Å². The van der Waals surface area contributed by atoms with Gasteiger partial charge in [0.15, 0.2) is 11.5 Å². The molecule has 1 aromatic heterocycles. The van der Waals surface area contributed by atoms with Gasteiger partial charge in [-0.05, 0) is 37.5 Å². The highest BCUT2D eigenvalue weighted by atomic mass is 16.7. The van der Waals surface area contributed by atoms with Gasteiger partial charge in [0.1, 0.15) is 0 Å². The van der Waals surface area contributed by atoms with Crippen molar-refractivity contribution >= 4 is 0 Å². The molecule has 6 nitrogen and oxygen atoms in total. The second kappa shape index (κ2) is 8.15. The largest absolute Gasteiger partial charge is 0.454 e. The average molecular weight is 369 g/mol. The van der Waals surface area contributed by atoms with Gasteiger partial charge in [0.05, 0.1) is 18.3 Å². The van der Waals surface area contributed by atoms with Crippen molar-refractivity contribution in [2.75, 3.05) is 19.9 Å². The van der Waals surface area contributed by atoms with Crippen LogP contribution in [0.5, 0.6) is 11.5 Å². The molecule has 0 bridgehead atoms. The van der Waals surface area contributed by atoms with Gasteiger partial charge in [0, 0.05) is 38.0 Å². The quantitative estimate of drug-likeness (QED) is 0.669. The SMILES string of the molecule is C=CCn1cc(CN(Cc2ccc3c(c2)OCO3)C[C@H]2CCCO2)c(C)n1. The standard InChI is InChI=1S/C21H27N3O3/c1-3-8-24-13-18(16(2)22-24)12-23(14-19-5-4-9-25-19)11-17-6-7-20-21(10-17)27-15-26-20/h3,6-7,10,13,19H,1,4-5,8-9,11-12,14-15H2,2H3/t19-/m1/s1. The van der Waals surface area contributed by atoms with Crippen LogP contribution in [-0.4, -0.2) is 40.7 Å². The van der Waals surface area contributed by atoms with Crippen molar-refractivity contribution in [2.24, 2.45) is 0 Å². The van der Waals surface area contributed by atoms with E-state index in [1.54, 1.807) is 0 Å². The molecule has 1 atom stereocenters. The van der Waals surface area contributed by atoms with Crippen LogP contribution in [0, 0.1) is 6.92 Å². The molecule has 6 heteroatoms. The number of rotatable bonds is 8. The van der Waals surface area contributed by atoms with E-state index in [4.69, 9.17) is 14.2 Å². The summed E-state index contributed by atoms with van der Waals surface area (Å²) in [5, 5.41) is 4.59. The van der Waals surface area contributed by atoms with Crippen LogP contribution < -0.4 is 9.47 Å². The maximum Gasteiger partial charge on any atom is 0.231 e. The number of aryl methyl sites for hydroxylation is 1. The zero-order valence-electron chi connectivity index (χ0n) is 15.9. The topological polar surface area (TPSA) is 48.8 Å². The summed E-state index contributed by atoms with van der Waals surface area (Å²) < 4.78 is 18.8. The molecule has 0 N–H and O–H groups in total. The fourth-order valence-corrected chi connectivity index (χ4v) is 3.74. The van der Waals surface area contributed by atoms with E-state index in [-0.39, 0.29) is 0 Å². The second-order valence-corrected chi connectivity index (χ2v) is 7.24. The van der Waals surface area contributed by atoms with Gasteiger partial charge in [-0.15, -0.1) is 6.58 Å². The van der Waals surface area contributed by atoms with Gasteiger partial charge in [-0.3, -0.25) is 9.58 Å². The fraction of sp³-hybridized carbons (Fsp3) is 0.476. The molecule has 1 saturated heterocycles. The van der Waals surface area contributed by atoms with Gasteiger partial charge in [-0.1, -0.05) is 12.1 Å². The predicted molar refractivity (Wildman–Crippen MR) is 103 cm³/mol. The van der Waals surface area contributed by atoms with Crippen LogP contribution in [0.1, 0.15) is 29.7 Å². The molecule has 1 fully saturated rings. The molecule has 4 rings (SSSR count). The smallest absolute Gasteiger partial charge is 0.231 e. The Hall–Kier alpha value is -2.31. The Bertz CT molecular complexity index is 796. The first kappa shape index (κ1) is 18.1. The van der Waals surface area contributed by atoms with E-state index in [0.717, 1.165) is 62.8 Å². The molecule has 2 aromatic rings. The Balaban J connectivity index is 1.50. The van der Waals surface area contributed by atoms with Crippen LogP contribution in [-0.2, 0) is 24.4 Å². The first-order valence-electron chi connectivity index (χ1n) is 9.57. The van der Waals surface area contributed by atoms with E-state index in [1.807, 2.05) is 16.8 Å². The highest BCUT2D eigenvalue weighted by Crippen LogP contribution is 2.33. The van der Waals surface area contributed by atoms with Crippen LogP contribution in [0.2, 0.25) is 0 Å². The molecule has 27 heavy (non-hydrogen) atoms. The molecule has 144 valence electrons. The van der Waals surface area contributed by atoms with Crippen LogP contribution in [0.25, 0.3) is 0 Å². The first-order valence-corrected chi connectivity index (χ1v) is 9.57. The molecule has 0 saturated carbocycles. The molecule has 3 heterocycles. The Morgan fingerprint density at radius 2 is 2.19 bits per heavy atom. The van der Waals surface area contributed by atoms with E-state index in [0.29, 0.717) is 12.9 Å². The maximum absolute atomic E-state index is 5.89. The monoisotopic (exact) mass is 369 g/mol. The van der Waals surface area contributed by atoms with Crippen molar-refractivity contribution < 1.29 is 14.2 Å². The average Bonchev–Trinajstić information content (AvgIpc) is 3.37. The predicted octanol–water partition coefficient (Wildman–Crippen LogP) is 3.29. The minimum Gasteiger partial charge on any atom is -0.454 e. The van der Waals surface area contributed by atoms with Gasteiger partial charge in [0.25, 0.3) is 0 Å². The molecular formula is C21H27N3O3. The molecule has 0 radical (unpaired) electrons. The molecule has 2 aliphatic rings. The molecule has 1 aromatic carbocycles. The number of fused-ring (bicyclic) bond motifs is 1. The number of hydrogen-bond acceptors (Lipinski definition) is 5. The molecule has 2 aliphatic heterocycles. The molecule has 0 spiro atoms. The minimum absolute atomic E-state index is 0.306. The lowest BCUT2D eigenvalue weighted by atomic mass is 10.1. The van der Waals surface area contributed by atoms with Crippen LogP contribution in [0.15, 0.2) is 37.1 Å². The lowest BCUT2D eigenvalue weighted by molar-refractivity contribution is 0.0678. The highest BCUT2D eigenvalue weighted by molar-refractivity contribution is 5.44. The molecule has 0 aliphatic carbocycles. The lowest BCUT2D eigenvalue weighted by Crippen LogP contribution is -2.31. The maximum atomic E-state index is 5.89. The summed E-state index contributed by atoms with van der Waals surface area (Å²) in [5.41, 5.74) is 3.53. The zero-order valence-corrected chi connectivity index (χ0v) is 15.9. The molecule has 0 amide bonds. The van der Waals surface area contributed by atoms with E-state index >= 15 is 0 Å². The lowest BCUT2D eigenvalue weighted by Gasteiger charge is -2.25. The second-order valence-electron chi connectivity index (χ2n) is 7.24. The van der Waals surface area contributed by atoms with Gasteiger partial charge >= 0.3 is 0 Å². The highest BCUT2D eigenvalue weighted by Gasteiger charge is 2.22. The normalized spacial score (nSPS) is 18.4. The number of allylic oxidation sites excluding steroid dienone is 1.